The molecule has 0 bridgehead atoms. The van der Waals surface area contributed by atoms with Crippen LogP contribution >= 0.6 is 11.5 Å². The molecule has 0 fully saturated rings. The lowest BCUT2D eigenvalue weighted by atomic mass is 10.1. The molecule has 3 N–H and O–H groups in total. The van der Waals surface area contributed by atoms with Crippen LogP contribution in [0, 0.1) is 0 Å². The van der Waals surface area contributed by atoms with Gasteiger partial charge in [0.15, 0.2) is 0 Å². The van der Waals surface area contributed by atoms with E-state index in [9.17, 15) is 4.79 Å². The maximum absolute atomic E-state index is 12.6. The maximum atomic E-state index is 12.6. The molecular formula is C18H18N4O2S. The molecule has 3 aromatic rings. The Kier molecular flexibility index (Phi) is 4.95. The average Bonchev–Trinajstić information content (AvgIpc) is 3.04. The normalized spacial score (nSPS) is 11.8. The first kappa shape index (κ1) is 16.9. The number of hydrogen-bond donors (Lipinski definition) is 2. The second-order valence-corrected chi connectivity index (χ2v) is 6.26. The standard InChI is InChI=1S/C18H18N4O2S/c1-11(13-4-3-5-14(10-13)24-2)21-18(23)17-15(19)16(22-25-17)12-6-8-20-9-7-12/h3-11H,19H2,1-2H3,(H,21,23)/t11-/m0/s1. The molecule has 0 spiro atoms. The van der Waals surface area contributed by atoms with Crippen molar-refractivity contribution in [3.05, 3.63) is 59.2 Å². The highest BCUT2D eigenvalue weighted by Gasteiger charge is 2.20. The van der Waals surface area contributed by atoms with Gasteiger partial charge in [-0.25, -0.2) is 0 Å². The third kappa shape index (κ3) is 3.61. The minimum Gasteiger partial charge on any atom is -0.497 e. The van der Waals surface area contributed by atoms with E-state index < -0.39 is 0 Å². The predicted molar refractivity (Wildman–Crippen MR) is 98.6 cm³/mol. The van der Waals surface area contributed by atoms with Crippen molar-refractivity contribution in [3.63, 3.8) is 0 Å². The van der Waals surface area contributed by atoms with Crippen LogP contribution in [0.4, 0.5) is 5.69 Å². The lowest BCUT2D eigenvalue weighted by Crippen LogP contribution is -2.26. The summed E-state index contributed by atoms with van der Waals surface area (Å²) < 4.78 is 9.54. The quantitative estimate of drug-likeness (QED) is 0.734. The summed E-state index contributed by atoms with van der Waals surface area (Å²) in [4.78, 5) is 17.0. The first-order chi connectivity index (χ1) is 12.1. The summed E-state index contributed by atoms with van der Waals surface area (Å²) in [6.07, 6.45) is 3.33. The maximum Gasteiger partial charge on any atom is 0.265 e. The number of nitrogens with one attached hydrogen (secondary N) is 1. The van der Waals surface area contributed by atoms with Crippen LogP contribution in [0.25, 0.3) is 11.3 Å². The van der Waals surface area contributed by atoms with Crippen LogP contribution < -0.4 is 15.8 Å². The van der Waals surface area contributed by atoms with Crippen molar-refractivity contribution in [2.75, 3.05) is 12.8 Å². The molecule has 0 radical (unpaired) electrons. The van der Waals surface area contributed by atoms with Gasteiger partial charge in [-0.3, -0.25) is 9.78 Å². The van der Waals surface area contributed by atoms with Crippen molar-refractivity contribution in [2.45, 2.75) is 13.0 Å². The number of methoxy groups -OCH3 is 1. The number of pyridine rings is 1. The van der Waals surface area contributed by atoms with Crippen molar-refractivity contribution >= 4 is 23.1 Å². The van der Waals surface area contributed by atoms with Gasteiger partial charge in [0, 0.05) is 18.0 Å². The highest BCUT2D eigenvalue weighted by Crippen LogP contribution is 2.30. The minimum absolute atomic E-state index is 0.187. The number of nitrogens with two attached hydrogens (primary N) is 1. The molecule has 1 atom stereocenters. The minimum atomic E-state index is -0.245. The van der Waals surface area contributed by atoms with E-state index in [4.69, 9.17) is 10.5 Å². The molecule has 0 unspecified atom stereocenters. The Morgan fingerprint density at radius 2 is 2.04 bits per heavy atom. The molecule has 0 aliphatic heterocycles. The summed E-state index contributed by atoms with van der Waals surface area (Å²) in [5.41, 5.74) is 8.91. The molecule has 0 aliphatic carbocycles. The van der Waals surface area contributed by atoms with Gasteiger partial charge in [-0.15, -0.1) is 0 Å². The van der Waals surface area contributed by atoms with Gasteiger partial charge in [-0.05, 0) is 48.3 Å². The van der Waals surface area contributed by atoms with E-state index in [0.717, 1.165) is 28.4 Å². The molecule has 2 aromatic heterocycles. The number of ether oxygens (including phenoxy) is 1. The fraction of sp³-hybridized carbons (Fsp3) is 0.167. The van der Waals surface area contributed by atoms with E-state index in [2.05, 4.69) is 14.7 Å². The number of hydrogen-bond acceptors (Lipinski definition) is 6. The van der Waals surface area contributed by atoms with Gasteiger partial charge in [0.2, 0.25) is 0 Å². The molecule has 1 amide bonds. The summed E-state index contributed by atoms with van der Waals surface area (Å²) in [6.45, 7) is 1.91. The molecule has 6 nitrogen and oxygen atoms in total. The Balaban J connectivity index is 1.78. The third-order valence-corrected chi connectivity index (χ3v) is 4.69. The molecular weight excluding hydrogens is 336 g/mol. The summed E-state index contributed by atoms with van der Waals surface area (Å²) in [7, 11) is 1.61. The van der Waals surface area contributed by atoms with E-state index in [0.29, 0.717) is 16.3 Å². The van der Waals surface area contributed by atoms with Gasteiger partial charge in [0.05, 0.1) is 18.8 Å². The number of anilines is 1. The van der Waals surface area contributed by atoms with E-state index in [1.54, 1.807) is 19.5 Å². The fourth-order valence-corrected chi connectivity index (χ4v) is 3.16. The average molecular weight is 354 g/mol. The zero-order valence-corrected chi connectivity index (χ0v) is 14.7. The summed E-state index contributed by atoms with van der Waals surface area (Å²) in [5, 5.41) is 2.95. The lowest BCUT2D eigenvalue weighted by molar-refractivity contribution is 0.0944. The van der Waals surface area contributed by atoms with E-state index >= 15 is 0 Å². The van der Waals surface area contributed by atoms with Crippen molar-refractivity contribution in [1.82, 2.24) is 14.7 Å². The highest BCUT2D eigenvalue weighted by molar-refractivity contribution is 7.09. The summed E-state index contributed by atoms with van der Waals surface area (Å²) >= 11 is 1.09. The van der Waals surface area contributed by atoms with Crippen molar-refractivity contribution in [3.8, 4) is 17.0 Å². The topological polar surface area (TPSA) is 90.1 Å². The van der Waals surface area contributed by atoms with Crippen LogP contribution in [-0.4, -0.2) is 22.4 Å². The van der Waals surface area contributed by atoms with Crippen LogP contribution in [0.3, 0.4) is 0 Å². The third-order valence-electron chi connectivity index (χ3n) is 3.83. The number of nitrogens with zero attached hydrogens (tertiary/aromatic N) is 2. The lowest BCUT2D eigenvalue weighted by Gasteiger charge is -2.14. The number of rotatable bonds is 5. The van der Waals surface area contributed by atoms with Crippen LogP contribution in [0.5, 0.6) is 5.75 Å². The van der Waals surface area contributed by atoms with Crippen molar-refractivity contribution in [1.29, 1.82) is 0 Å². The van der Waals surface area contributed by atoms with Crippen LogP contribution in [0.1, 0.15) is 28.2 Å². The SMILES string of the molecule is COc1cccc([C@H](C)NC(=O)c2snc(-c3ccncc3)c2N)c1. The Hall–Kier alpha value is -2.93. The van der Waals surface area contributed by atoms with Crippen molar-refractivity contribution in [2.24, 2.45) is 0 Å². The number of amides is 1. The second-order valence-electron chi connectivity index (χ2n) is 5.48. The fourth-order valence-electron chi connectivity index (χ4n) is 2.44. The molecule has 128 valence electrons. The number of aromatic nitrogens is 2. The molecule has 2 heterocycles. The predicted octanol–water partition coefficient (Wildman–Crippen LogP) is 3.29. The molecule has 7 heteroatoms. The summed E-state index contributed by atoms with van der Waals surface area (Å²) in [5.74, 6) is 0.501. The zero-order chi connectivity index (χ0) is 17.8. The van der Waals surface area contributed by atoms with Gasteiger partial charge in [-0.1, -0.05) is 12.1 Å². The number of nitrogen functional groups attached to an aromatic ring is 1. The smallest absolute Gasteiger partial charge is 0.265 e. The second kappa shape index (κ2) is 7.31. The molecule has 3 rings (SSSR count). The molecule has 25 heavy (non-hydrogen) atoms. The van der Waals surface area contributed by atoms with Crippen LogP contribution in [0.2, 0.25) is 0 Å². The largest absolute Gasteiger partial charge is 0.497 e. The van der Waals surface area contributed by atoms with Gasteiger partial charge in [0.1, 0.15) is 16.3 Å². The molecule has 0 aliphatic rings. The zero-order valence-electron chi connectivity index (χ0n) is 13.9. The van der Waals surface area contributed by atoms with Gasteiger partial charge >= 0.3 is 0 Å². The first-order valence-electron chi connectivity index (χ1n) is 7.70. The molecule has 1 aromatic carbocycles. The Labute approximate surface area is 149 Å². The van der Waals surface area contributed by atoms with Crippen molar-refractivity contribution < 1.29 is 9.53 Å². The van der Waals surface area contributed by atoms with E-state index in [1.807, 2.05) is 43.3 Å². The summed E-state index contributed by atoms with van der Waals surface area (Å²) in [6, 6.07) is 11.0. The van der Waals surface area contributed by atoms with E-state index in [1.165, 1.54) is 0 Å². The molecule has 0 saturated carbocycles. The van der Waals surface area contributed by atoms with Gasteiger partial charge in [0.25, 0.3) is 5.91 Å². The number of carbonyl (C=O) groups is 1. The monoisotopic (exact) mass is 354 g/mol. The Bertz CT molecular complexity index is 880. The van der Waals surface area contributed by atoms with Gasteiger partial charge < -0.3 is 15.8 Å². The number of carbonyl (C=O) groups excluding carboxylic acids is 1. The molecule has 0 saturated heterocycles. The Morgan fingerprint density at radius 3 is 2.76 bits per heavy atom. The van der Waals surface area contributed by atoms with E-state index in [-0.39, 0.29) is 11.9 Å². The van der Waals surface area contributed by atoms with Crippen LogP contribution in [-0.2, 0) is 0 Å². The first-order valence-corrected chi connectivity index (χ1v) is 8.48. The number of benzene rings is 1. The Morgan fingerprint density at radius 1 is 1.28 bits per heavy atom. The highest BCUT2D eigenvalue weighted by atomic mass is 32.1. The van der Waals surface area contributed by atoms with Crippen LogP contribution in [0.15, 0.2) is 48.8 Å². The van der Waals surface area contributed by atoms with Gasteiger partial charge in [-0.2, -0.15) is 4.37 Å².